The Balaban J connectivity index is 0.000000258. The minimum Gasteiger partial charge on any atom is -0.398 e. The number of nitrogen functional groups attached to an aromatic ring is 1. The van der Waals surface area contributed by atoms with Gasteiger partial charge in [0, 0.05) is 37.1 Å². The van der Waals surface area contributed by atoms with Crippen LogP contribution >= 0.6 is 0 Å². The highest BCUT2D eigenvalue weighted by Crippen LogP contribution is 2.21. The van der Waals surface area contributed by atoms with Gasteiger partial charge in [-0.05, 0) is 55.3 Å². The van der Waals surface area contributed by atoms with Crippen LogP contribution < -0.4 is 16.0 Å². The van der Waals surface area contributed by atoms with Crippen molar-refractivity contribution in [1.29, 1.82) is 0 Å². The number of hydrogen-bond acceptors (Lipinski definition) is 5. The molecule has 0 saturated carbocycles. The molecule has 4 N–H and O–H groups in total. The predicted molar refractivity (Wildman–Crippen MR) is 129 cm³/mol. The number of aryl methyl sites for hydroxylation is 1. The van der Waals surface area contributed by atoms with Gasteiger partial charge >= 0.3 is 0 Å². The molecular formula is C24H29N3O4S. The van der Waals surface area contributed by atoms with Crippen LogP contribution in [0, 0.1) is 6.92 Å². The first-order valence-corrected chi connectivity index (χ1v) is 11.5. The number of carbonyl (C=O) groups is 1. The quantitative estimate of drug-likeness (QED) is 0.373. The van der Waals surface area contributed by atoms with Crippen LogP contribution in [0.1, 0.15) is 25.0 Å². The van der Waals surface area contributed by atoms with E-state index in [1.807, 2.05) is 24.3 Å². The highest BCUT2D eigenvalue weighted by molar-refractivity contribution is 7.85. The molecule has 32 heavy (non-hydrogen) atoms. The average molecular weight is 456 g/mol. The molecule has 0 bridgehead atoms. The first-order chi connectivity index (χ1) is 15.1. The Labute approximate surface area is 189 Å². The lowest BCUT2D eigenvalue weighted by Crippen LogP contribution is -2.22. The summed E-state index contributed by atoms with van der Waals surface area (Å²) in [4.78, 5) is 13.2. The molecular weight excluding hydrogens is 426 g/mol. The summed E-state index contributed by atoms with van der Waals surface area (Å²) in [5.74, 6) is -0.0479. The van der Waals surface area contributed by atoms with Crippen LogP contribution in [0.25, 0.3) is 0 Å². The van der Waals surface area contributed by atoms with Gasteiger partial charge in [0.2, 0.25) is 5.91 Å². The van der Waals surface area contributed by atoms with E-state index in [0.29, 0.717) is 5.69 Å². The molecule has 3 aromatic carbocycles. The fourth-order valence-electron chi connectivity index (χ4n) is 2.95. The first kappa shape index (κ1) is 24.9. The van der Waals surface area contributed by atoms with Crippen LogP contribution in [-0.2, 0) is 21.5 Å². The van der Waals surface area contributed by atoms with Crippen molar-refractivity contribution in [3.63, 3.8) is 0 Å². The molecule has 0 heterocycles. The lowest BCUT2D eigenvalue weighted by Gasteiger charge is -2.24. The second kappa shape index (κ2) is 11.3. The summed E-state index contributed by atoms with van der Waals surface area (Å²) in [6.07, 6.45) is 0. The van der Waals surface area contributed by atoms with E-state index in [9.17, 15) is 13.2 Å². The highest BCUT2D eigenvalue weighted by atomic mass is 32.2. The molecule has 0 aliphatic carbocycles. The molecule has 3 aromatic rings. The number of benzene rings is 3. The molecule has 0 spiro atoms. The van der Waals surface area contributed by atoms with Crippen molar-refractivity contribution in [2.45, 2.75) is 32.2 Å². The number of nitrogens with zero attached hydrogens (tertiary/aromatic N) is 1. The van der Waals surface area contributed by atoms with Gasteiger partial charge < -0.3 is 16.0 Å². The number of anilines is 3. The van der Waals surface area contributed by atoms with Gasteiger partial charge in [-0.25, -0.2) is 0 Å². The molecule has 170 valence electrons. The Bertz CT molecular complexity index is 1150. The molecule has 0 aliphatic rings. The van der Waals surface area contributed by atoms with Gasteiger partial charge in [-0.15, -0.1) is 0 Å². The number of rotatable bonds is 6. The smallest absolute Gasteiger partial charge is 0.294 e. The van der Waals surface area contributed by atoms with E-state index in [1.54, 1.807) is 13.0 Å². The molecule has 7 nitrogen and oxygen atoms in total. The van der Waals surface area contributed by atoms with E-state index in [4.69, 9.17) is 10.3 Å². The predicted octanol–water partition coefficient (Wildman–Crippen LogP) is 4.50. The largest absolute Gasteiger partial charge is 0.398 e. The standard InChI is InChI=1S/C17H20N2O.C7H9NO3S/c1-3-19(13-15-8-5-4-6-9-15)17-11-7-10-16(12-17)18-14(2)20;1-5-2-3-6(4-7(5)8)12(9,10)11/h4-12H,3,13H2,1-2H3,(H,18,20);2-4H,8H2,1H3,(H,9,10,11). The fourth-order valence-corrected chi connectivity index (χ4v) is 3.47. The number of hydrogen-bond donors (Lipinski definition) is 3. The van der Waals surface area contributed by atoms with Crippen molar-refractivity contribution in [3.05, 3.63) is 83.9 Å². The van der Waals surface area contributed by atoms with Crippen molar-refractivity contribution >= 4 is 33.1 Å². The van der Waals surface area contributed by atoms with Crippen molar-refractivity contribution in [2.75, 3.05) is 22.5 Å². The molecule has 0 fully saturated rings. The summed E-state index contributed by atoms with van der Waals surface area (Å²) in [6, 6.07) is 22.4. The van der Waals surface area contributed by atoms with Gasteiger partial charge in [0.1, 0.15) is 0 Å². The van der Waals surface area contributed by atoms with Crippen molar-refractivity contribution in [3.8, 4) is 0 Å². The normalized spacial score (nSPS) is 10.6. The number of nitrogens with one attached hydrogen (secondary N) is 1. The maximum absolute atomic E-state index is 11.1. The summed E-state index contributed by atoms with van der Waals surface area (Å²) in [5.41, 5.74) is 9.80. The SMILES string of the molecule is CCN(Cc1ccccc1)c1cccc(NC(C)=O)c1.Cc1ccc(S(=O)(=O)O)cc1N. The number of amides is 1. The Morgan fingerprint density at radius 1 is 1.03 bits per heavy atom. The van der Waals surface area contributed by atoms with Crippen molar-refractivity contribution in [1.82, 2.24) is 0 Å². The maximum Gasteiger partial charge on any atom is 0.294 e. The Morgan fingerprint density at radius 3 is 2.28 bits per heavy atom. The molecule has 3 rings (SSSR count). The minimum atomic E-state index is -4.12. The molecule has 8 heteroatoms. The summed E-state index contributed by atoms with van der Waals surface area (Å²) in [6.45, 7) is 7.19. The Hall–Kier alpha value is -3.36. The van der Waals surface area contributed by atoms with Gasteiger partial charge in [-0.1, -0.05) is 42.5 Å². The topological polar surface area (TPSA) is 113 Å². The third-order valence-corrected chi connectivity index (χ3v) is 5.53. The van der Waals surface area contributed by atoms with Crippen LogP contribution in [0.15, 0.2) is 77.7 Å². The molecule has 0 unspecified atom stereocenters. The van der Waals surface area contributed by atoms with E-state index in [-0.39, 0.29) is 10.8 Å². The zero-order valence-corrected chi connectivity index (χ0v) is 19.3. The van der Waals surface area contributed by atoms with Crippen LogP contribution in [0.2, 0.25) is 0 Å². The average Bonchev–Trinajstić information content (AvgIpc) is 2.74. The molecule has 0 aliphatic heterocycles. The summed E-state index contributed by atoms with van der Waals surface area (Å²) >= 11 is 0. The molecule has 0 saturated heterocycles. The fraction of sp³-hybridized carbons (Fsp3) is 0.208. The third-order valence-electron chi connectivity index (χ3n) is 4.68. The molecule has 1 amide bonds. The highest BCUT2D eigenvalue weighted by Gasteiger charge is 2.09. The van der Waals surface area contributed by atoms with Crippen LogP contribution in [0.4, 0.5) is 17.1 Å². The second-order valence-corrected chi connectivity index (χ2v) is 8.65. The Kier molecular flexibility index (Phi) is 8.80. The Morgan fingerprint density at radius 2 is 1.72 bits per heavy atom. The first-order valence-electron chi connectivity index (χ1n) is 10.1. The number of nitrogens with two attached hydrogens (primary N) is 1. The van der Waals surface area contributed by atoms with E-state index in [0.717, 1.165) is 30.0 Å². The van der Waals surface area contributed by atoms with E-state index >= 15 is 0 Å². The van der Waals surface area contributed by atoms with E-state index in [1.165, 1.54) is 24.6 Å². The summed E-state index contributed by atoms with van der Waals surface area (Å²) in [7, 11) is -4.12. The van der Waals surface area contributed by atoms with Gasteiger partial charge in [-0.3, -0.25) is 9.35 Å². The van der Waals surface area contributed by atoms with E-state index in [2.05, 4.69) is 47.5 Å². The molecule has 0 atom stereocenters. The minimum absolute atomic E-state index is 0.0479. The second-order valence-electron chi connectivity index (χ2n) is 7.22. The van der Waals surface area contributed by atoms with Crippen LogP contribution in [0.3, 0.4) is 0 Å². The lowest BCUT2D eigenvalue weighted by molar-refractivity contribution is -0.114. The van der Waals surface area contributed by atoms with Gasteiger partial charge in [0.05, 0.1) is 4.90 Å². The van der Waals surface area contributed by atoms with Crippen molar-refractivity contribution < 1.29 is 17.8 Å². The van der Waals surface area contributed by atoms with Crippen molar-refractivity contribution in [2.24, 2.45) is 0 Å². The lowest BCUT2D eigenvalue weighted by atomic mass is 10.2. The number of carbonyl (C=O) groups excluding carboxylic acids is 1. The zero-order valence-electron chi connectivity index (χ0n) is 18.4. The monoisotopic (exact) mass is 455 g/mol. The van der Waals surface area contributed by atoms with Gasteiger partial charge in [0.25, 0.3) is 10.1 Å². The molecule has 0 aromatic heterocycles. The zero-order chi connectivity index (χ0) is 23.7. The molecule has 0 radical (unpaired) electrons. The summed E-state index contributed by atoms with van der Waals surface area (Å²) < 4.78 is 29.8. The van der Waals surface area contributed by atoms with Gasteiger partial charge in [0.15, 0.2) is 0 Å². The third kappa shape index (κ3) is 7.72. The van der Waals surface area contributed by atoms with Gasteiger partial charge in [-0.2, -0.15) is 8.42 Å². The summed E-state index contributed by atoms with van der Waals surface area (Å²) in [5, 5.41) is 2.82. The van der Waals surface area contributed by atoms with E-state index < -0.39 is 10.1 Å². The maximum atomic E-state index is 11.1. The van der Waals surface area contributed by atoms with Crippen LogP contribution in [0.5, 0.6) is 0 Å². The van der Waals surface area contributed by atoms with Crippen LogP contribution in [-0.4, -0.2) is 25.4 Å².